The van der Waals surface area contributed by atoms with Crippen molar-refractivity contribution in [2.75, 3.05) is 6.54 Å². The van der Waals surface area contributed by atoms with Gasteiger partial charge in [0.1, 0.15) is 27.8 Å². The first-order valence-electron chi connectivity index (χ1n) is 13.0. The van der Waals surface area contributed by atoms with Crippen LogP contribution in [0.4, 0.5) is 0 Å². The van der Waals surface area contributed by atoms with Gasteiger partial charge in [-0.3, -0.25) is 0 Å². The van der Waals surface area contributed by atoms with Crippen LogP contribution in [-0.4, -0.2) is 36.7 Å². The third-order valence-electron chi connectivity index (χ3n) is 6.85. The zero-order valence-electron chi connectivity index (χ0n) is 23.6. The Morgan fingerprint density at radius 2 is 1.79 bits per heavy atom. The molecule has 0 saturated carbocycles. The van der Waals surface area contributed by atoms with Crippen LogP contribution in [0.5, 0.6) is 11.5 Å². The van der Waals surface area contributed by atoms with E-state index in [0.717, 1.165) is 22.9 Å². The lowest BCUT2D eigenvalue weighted by atomic mass is 9.80. The maximum absolute atomic E-state index is 13.4. The lowest BCUT2D eigenvalue weighted by Crippen LogP contribution is -2.44. The van der Waals surface area contributed by atoms with Crippen LogP contribution in [0.25, 0.3) is 0 Å². The second kappa shape index (κ2) is 11.8. The van der Waals surface area contributed by atoms with Gasteiger partial charge in [0, 0.05) is 17.9 Å². The summed E-state index contributed by atoms with van der Waals surface area (Å²) in [4.78, 5) is 14.2. The van der Waals surface area contributed by atoms with Crippen LogP contribution in [0.15, 0.2) is 52.0 Å². The molecule has 214 valence electrons. The van der Waals surface area contributed by atoms with E-state index in [4.69, 9.17) is 8.92 Å². The summed E-state index contributed by atoms with van der Waals surface area (Å²) in [6.45, 7) is 13.5. The number of benzene rings is 2. The van der Waals surface area contributed by atoms with Gasteiger partial charge >= 0.3 is 16.3 Å². The van der Waals surface area contributed by atoms with Crippen molar-refractivity contribution in [2.24, 2.45) is 5.92 Å². The molecule has 0 bridgehead atoms. The van der Waals surface area contributed by atoms with E-state index in [1.165, 1.54) is 0 Å². The molecule has 2 aromatic rings. The number of cyclic esters (lactones) is 1. The van der Waals surface area contributed by atoms with Gasteiger partial charge in [-0.1, -0.05) is 65.4 Å². The minimum Gasteiger partial charge on any atom is -0.511 e. The molecule has 3 rings (SSSR count). The molecule has 2 aromatic carbocycles. The highest BCUT2D eigenvalue weighted by atomic mass is 32.2. The molecule has 1 unspecified atom stereocenters. The van der Waals surface area contributed by atoms with E-state index in [1.54, 1.807) is 38.1 Å². The minimum atomic E-state index is -3.97. The predicted molar refractivity (Wildman–Crippen MR) is 153 cm³/mol. The van der Waals surface area contributed by atoms with Crippen molar-refractivity contribution < 1.29 is 32.3 Å². The smallest absolute Gasteiger partial charge is 0.382 e. The summed E-state index contributed by atoms with van der Waals surface area (Å²) in [6.07, 6.45) is 1.32. The molecule has 39 heavy (non-hydrogen) atoms. The number of esters is 1. The number of thioether (sulfide) groups is 1. The Kier molecular flexibility index (Phi) is 9.35. The predicted octanol–water partition coefficient (Wildman–Crippen LogP) is 6.07. The van der Waals surface area contributed by atoms with Crippen molar-refractivity contribution in [3.63, 3.8) is 0 Å². The third kappa shape index (κ3) is 7.49. The van der Waals surface area contributed by atoms with Gasteiger partial charge < -0.3 is 19.1 Å². The second-order valence-corrected chi connectivity index (χ2v) is 13.6. The van der Waals surface area contributed by atoms with Gasteiger partial charge in [-0.15, -0.1) is 0 Å². The number of phenolic OH excluding ortho intramolecular Hbond substituents is 1. The third-order valence-corrected chi connectivity index (χ3v) is 9.06. The van der Waals surface area contributed by atoms with Crippen molar-refractivity contribution >= 4 is 28.0 Å². The number of aryl methyl sites for hydroxylation is 2. The summed E-state index contributed by atoms with van der Waals surface area (Å²) in [6, 6.07) is 10.4. The van der Waals surface area contributed by atoms with Crippen LogP contribution in [0, 0.1) is 12.8 Å². The first-order valence-corrected chi connectivity index (χ1v) is 15.2. The molecule has 10 heteroatoms. The number of carbonyl (C=O) groups excluding carboxylic acids is 1. The molecule has 1 atom stereocenters. The highest BCUT2D eigenvalue weighted by molar-refractivity contribution is 8.04. The van der Waals surface area contributed by atoms with E-state index in [-0.39, 0.29) is 41.0 Å². The number of ether oxygens (including phenoxy) is 1. The van der Waals surface area contributed by atoms with Crippen molar-refractivity contribution in [3.05, 3.63) is 63.8 Å². The van der Waals surface area contributed by atoms with Crippen LogP contribution in [0.3, 0.4) is 0 Å². The van der Waals surface area contributed by atoms with Gasteiger partial charge in [0.25, 0.3) is 0 Å². The number of carbonyl (C=O) groups is 1. The van der Waals surface area contributed by atoms with Crippen molar-refractivity contribution in [3.8, 4) is 11.5 Å². The summed E-state index contributed by atoms with van der Waals surface area (Å²) in [5, 5.41) is 20.7. The zero-order valence-corrected chi connectivity index (χ0v) is 25.3. The monoisotopic (exact) mass is 577 g/mol. The summed E-state index contributed by atoms with van der Waals surface area (Å²) in [5.41, 5.74) is 1.04. The number of hydrogen-bond acceptors (Lipinski definition) is 8. The fourth-order valence-electron chi connectivity index (χ4n) is 4.47. The van der Waals surface area contributed by atoms with Crippen molar-refractivity contribution in [1.29, 1.82) is 0 Å². The largest absolute Gasteiger partial charge is 0.511 e. The highest BCUT2D eigenvalue weighted by Gasteiger charge is 2.44. The summed E-state index contributed by atoms with van der Waals surface area (Å²) >= 11 is 1.12. The molecule has 1 aliphatic heterocycles. The lowest BCUT2D eigenvalue weighted by molar-refractivity contribution is -0.164. The van der Waals surface area contributed by atoms with Crippen LogP contribution in [0.1, 0.15) is 71.1 Å². The molecule has 8 nitrogen and oxygen atoms in total. The van der Waals surface area contributed by atoms with Crippen molar-refractivity contribution in [2.45, 2.75) is 83.6 Å². The molecule has 1 aliphatic rings. The Labute approximate surface area is 236 Å². The number of nitrogens with one attached hydrogen (secondary N) is 1. The van der Waals surface area contributed by atoms with Crippen LogP contribution >= 0.6 is 11.8 Å². The average molecular weight is 578 g/mol. The topological polar surface area (TPSA) is 122 Å². The number of hydrogen-bond donors (Lipinski definition) is 3. The number of aromatic hydroxyl groups is 1. The lowest BCUT2D eigenvalue weighted by Gasteiger charge is -2.40. The van der Waals surface area contributed by atoms with E-state index in [1.807, 2.05) is 46.8 Å². The molecular formula is C29H39NO7S2. The first-order chi connectivity index (χ1) is 18.1. The highest BCUT2D eigenvalue weighted by Crippen LogP contribution is 2.46. The van der Waals surface area contributed by atoms with E-state index in [9.17, 15) is 23.4 Å². The normalized spacial score (nSPS) is 18.4. The standard InChI is InChI=1S/C29H39NO7S2/c1-8-30-39(34,35)37-24-16-22(28(5,6)7)25(15-19(24)4)38-26-23(32)17-29(18(2)3,36-27(26)33)14-13-20-9-11-21(31)12-10-20/h9-12,15-16,18,30-32H,8,13-14,17H2,1-7H3. The average Bonchev–Trinajstić information content (AvgIpc) is 2.81. The summed E-state index contributed by atoms with van der Waals surface area (Å²) in [5.74, 6) is -0.274. The molecule has 0 aromatic heterocycles. The quantitative estimate of drug-likeness (QED) is 0.291. The maximum Gasteiger partial charge on any atom is 0.382 e. The van der Waals surface area contributed by atoms with Crippen LogP contribution in [-0.2, 0) is 31.7 Å². The van der Waals surface area contributed by atoms with Crippen LogP contribution < -0.4 is 8.91 Å². The molecule has 1 heterocycles. The number of rotatable bonds is 10. The molecular weight excluding hydrogens is 538 g/mol. The Bertz CT molecular complexity index is 1340. The van der Waals surface area contributed by atoms with E-state index in [0.29, 0.717) is 23.3 Å². The molecule has 0 fully saturated rings. The molecule has 0 saturated heterocycles. The van der Waals surface area contributed by atoms with Gasteiger partial charge in [-0.25, -0.2) is 4.79 Å². The second-order valence-electron chi connectivity index (χ2n) is 11.2. The molecule has 0 spiro atoms. The summed E-state index contributed by atoms with van der Waals surface area (Å²) < 4.78 is 38.1. The molecule has 0 aliphatic carbocycles. The molecule has 3 N–H and O–H groups in total. The Morgan fingerprint density at radius 1 is 1.15 bits per heavy atom. The Hall–Kier alpha value is -2.69. The van der Waals surface area contributed by atoms with E-state index < -0.39 is 27.3 Å². The van der Waals surface area contributed by atoms with E-state index >= 15 is 0 Å². The molecule has 0 amide bonds. The minimum absolute atomic E-state index is 0.0248. The fourth-order valence-corrected chi connectivity index (χ4v) is 6.55. The Morgan fingerprint density at radius 3 is 2.33 bits per heavy atom. The number of aliphatic hydroxyl groups is 1. The summed E-state index contributed by atoms with van der Waals surface area (Å²) in [7, 11) is -3.97. The van der Waals surface area contributed by atoms with Gasteiger partial charge in [0.2, 0.25) is 0 Å². The van der Waals surface area contributed by atoms with E-state index in [2.05, 4.69) is 4.72 Å². The number of aliphatic hydroxyl groups excluding tert-OH is 1. The van der Waals surface area contributed by atoms with Crippen molar-refractivity contribution in [1.82, 2.24) is 4.72 Å². The molecule has 0 radical (unpaired) electrons. The van der Waals surface area contributed by atoms with Gasteiger partial charge in [0.05, 0.1) is 0 Å². The Balaban J connectivity index is 1.93. The van der Waals surface area contributed by atoms with Gasteiger partial charge in [-0.2, -0.15) is 13.1 Å². The fraction of sp³-hybridized carbons (Fsp3) is 0.483. The van der Waals surface area contributed by atoms with Gasteiger partial charge in [-0.05, 0) is 72.1 Å². The van der Waals surface area contributed by atoms with Crippen LogP contribution in [0.2, 0.25) is 0 Å². The first kappa shape index (κ1) is 30.8. The van der Waals surface area contributed by atoms with Gasteiger partial charge in [0.15, 0.2) is 0 Å². The maximum atomic E-state index is 13.4. The zero-order chi connectivity index (χ0) is 29.2. The SMILES string of the molecule is CCNS(=O)(=O)Oc1cc(C(C)(C)C)c(SC2=C(O)CC(CCc3ccc(O)cc3)(C(C)C)OC2=O)cc1C. The number of phenols is 1.